The van der Waals surface area contributed by atoms with E-state index in [-0.39, 0.29) is 0 Å². The summed E-state index contributed by atoms with van der Waals surface area (Å²) in [5, 5.41) is -0.474. The molecule has 4 heteroatoms. The second kappa shape index (κ2) is 4.17. The fraction of sp³-hybridized carbons (Fsp3) is 0.125. The van der Waals surface area contributed by atoms with Crippen LogP contribution < -0.4 is 0 Å². The van der Waals surface area contributed by atoms with E-state index in [4.69, 9.17) is 22.3 Å². The first-order chi connectivity index (χ1) is 5.65. The minimum absolute atomic E-state index is 0.460. The smallest absolute Gasteiger partial charge is 0.253 e. The van der Waals surface area contributed by atoms with Gasteiger partial charge < -0.3 is 0 Å². The van der Waals surface area contributed by atoms with Gasteiger partial charge in [-0.3, -0.25) is 4.79 Å². The van der Waals surface area contributed by atoms with E-state index < -0.39 is 5.24 Å². The summed E-state index contributed by atoms with van der Waals surface area (Å²) in [7, 11) is 6.56. The van der Waals surface area contributed by atoms with Crippen molar-refractivity contribution in [2.75, 3.05) is 0 Å². The molecule has 0 radical (unpaired) electrons. The zero-order chi connectivity index (χ0) is 9.14. The third kappa shape index (κ3) is 2.16. The molecule has 0 aliphatic rings. The Hall–Kier alpha value is -0.180. The lowest BCUT2D eigenvalue weighted by molar-refractivity contribution is 0.107. The van der Waals surface area contributed by atoms with E-state index in [0.29, 0.717) is 10.5 Å². The van der Waals surface area contributed by atoms with Crippen LogP contribution in [0.3, 0.4) is 0 Å². The Balaban J connectivity index is 3.20. The molecule has 0 unspecified atom stereocenters. The molecule has 0 aromatic heterocycles. The summed E-state index contributed by atoms with van der Waals surface area (Å²) in [4.78, 5) is 11.5. The van der Waals surface area contributed by atoms with Crippen LogP contribution in [0.4, 0.5) is 0 Å². The van der Waals surface area contributed by atoms with E-state index in [2.05, 4.69) is 0 Å². The van der Waals surface area contributed by atoms with Crippen molar-refractivity contribution in [3.8, 4) is 0 Å². The fourth-order valence-corrected chi connectivity index (χ4v) is 1.93. The SMILES string of the molecule is Cc1ccc(C(=O)Cl)c(SCl)c1. The molecule has 0 aliphatic heterocycles. The standard InChI is InChI=1S/C8H6Cl2OS/c1-5-2-3-6(8(9)11)7(4-5)12-10/h2-4H,1H3. The summed E-state index contributed by atoms with van der Waals surface area (Å²) in [6, 6.07) is 5.33. The highest BCUT2D eigenvalue weighted by atomic mass is 35.7. The van der Waals surface area contributed by atoms with Gasteiger partial charge in [-0.25, -0.2) is 0 Å². The number of hydrogen-bond donors (Lipinski definition) is 0. The summed E-state index contributed by atoms with van der Waals surface area (Å²) >= 11 is 5.33. The predicted octanol–water partition coefficient (Wildman–Crippen LogP) is 3.62. The molecule has 0 aliphatic carbocycles. The van der Waals surface area contributed by atoms with E-state index in [9.17, 15) is 4.79 Å². The molecule has 0 heterocycles. The Labute approximate surface area is 84.6 Å². The van der Waals surface area contributed by atoms with Crippen molar-refractivity contribution in [1.29, 1.82) is 0 Å². The normalized spacial score (nSPS) is 9.92. The number of aryl methyl sites for hydroxylation is 1. The minimum atomic E-state index is -0.474. The van der Waals surface area contributed by atoms with Crippen LogP contribution in [-0.4, -0.2) is 5.24 Å². The van der Waals surface area contributed by atoms with Crippen LogP contribution in [-0.2, 0) is 0 Å². The van der Waals surface area contributed by atoms with Crippen LogP contribution in [0.25, 0.3) is 0 Å². The van der Waals surface area contributed by atoms with Crippen molar-refractivity contribution < 1.29 is 4.79 Å². The van der Waals surface area contributed by atoms with Gasteiger partial charge in [-0.05, 0) is 57.9 Å². The molecule has 0 saturated heterocycles. The Morgan fingerprint density at radius 2 is 2.17 bits per heavy atom. The molecule has 1 rings (SSSR count). The highest BCUT2D eigenvalue weighted by Gasteiger charge is 2.08. The Morgan fingerprint density at radius 1 is 1.50 bits per heavy atom. The Morgan fingerprint density at radius 3 is 2.67 bits per heavy atom. The molecule has 64 valence electrons. The highest BCUT2D eigenvalue weighted by Crippen LogP contribution is 2.27. The highest BCUT2D eigenvalue weighted by molar-refractivity contribution is 8.21. The van der Waals surface area contributed by atoms with E-state index in [1.165, 1.54) is 0 Å². The van der Waals surface area contributed by atoms with Crippen LogP contribution in [0.15, 0.2) is 23.1 Å². The molecular formula is C8H6Cl2OS. The molecule has 0 N–H and O–H groups in total. The van der Waals surface area contributed by atoms with E-state index >= 15 is 0 Å². The molecule has 1 nitrogen and oxygen atoms in total. The summed E-state index contributed by atoms with van der Waals surface area (Å²) in [5.41, 5.74) is 1.52. The fourth-order valence-electron chi connectivity index (χ4n) is 0.856. The van der Waals surface area contributed by atoms with Crippen molar-refractivity contribution in [3.63, 3.8) is 0 Å². The average Bonchev–Trinajstić information content (AvgIpc) is 2.03. The second-order valence-corrected chi connectivity index (χ2v) is 3.75. The number of carbonyl (C=O) groups excluding carboxylic acids is 1. The molecule has 0 atom stereocenters. The number of hydrogen-bond acceptors (Lipinski definition) is 2. The molecule has 0 amide bonds. The monoisotopic (exact) mass is 220 g/mol. The number of rotatable bonds is 2. The van der Waals surface area contributed by atoms with E-state index in [1.54, 1.807) is 6.07 Å². The lowest BCUT2D eigenvalue weighted by Crippen LogP contribution is -1.91. The van der Waals surface area contributed by atoms with Gasteiger partial charge in [0, 0.05) is 10.5 Å². The second-order valence-electron chi connectivity index (χ2n) is 2.35. The first kappa shape index (κ1) is 9.90. The molecule has 1 aromatic carbocycles. The van der Waals surface area contributed by atoms with Gasteiger partial charge >= 0.3 is 0 Å². The quantitative estimate of drug-likeness (QED) is 0.709. The molecule has 12 heavy (non-hydrogen) atoms. The third-order valence-electron chi connectivity index (χ3n) is 1.43. The van der Waals surface area contributed by atoms with Gasteiger partial charge in [0.1, 0.15) is 0 Å². The summed E-state index contributed by atoms with van der Waals surface area (Å²) < 4.78 is 0. The maximum Gasteiger partial charge on any atom is 0.253 e. The van der Waals surface area contributed by atoms with Gasteiger partial charge in [-0.1, -0.05) is 6.07 Å². The van der Waals surface area contributed by atoms with Gasteiger partial charge in [0.15, 0.2) is 0 Å². The Bertz CT molecular complexity index is 312. The summed E-state index contributed by atoms with van der Waals surface area (Å²) in [6.45, 7) is 1.93. The molecular weight excluding hydrogens is 215 g/mol. The van der Waals surface area contributed by atoms with Gasteiger partial charge in [0.2, 0.25) is 0 Å². The summed E-state index contributed by atoms with van der Waals surface area (Å²) in [6.07, 6.45) is 0. The van der Waals surface area contributed by atoms with E-state index in [1.807, 2.05) is 19.1 Å². The van der Waals surface area contributed by atoms with Crippen LogP contribution in [0.1, 0.15) is 15.9 Å². The van der Waals surface area contributed by atoms with Crippen LogP contribution >= 0.6 is 33.3 Å². The van der Waals surface area contributed by atoms with Crippen molar-refractivity contribution in [2.24, 2.45) is 0 Å². The molecule has 1 aromatic rings. The van der Waals surface area contributed by atoms with Crippen molar-refractivity contribution >= 4 is 38.5 Å². The average molecular weight is 221 g/mol. The van der Waals surface area contributed by atoms with Gasteiger partial charge in [-0.2, -0.15) is 0 Å². The topological polar surface area (TPSA) is 17.1 Å². The van der Waals surface area contributed by atoms with E-state index in [0.717, 1.165) is 16.5 Å². The van der Waals surface area contributed by atoms with Crippen molar-refractivity contribution in [2.45, 2.75) is 11.8 Å². The number of carbonyl (C=O) groups is 1. The molecule has 0 bridgehead atoms. The molecule has 0 saturated carbocycles. The summed E-state index contributed by atoms with van der Waals surface area (Å²) in [5.74, 6) is 0. The van der Waals surface area contributed by atoms with Crippen LogP contribution in [0.5, 0.6) is 0 Å². The van der Waals surface area contributed by atoms with Gasteiger partial charge in [0.05, 0.1) is 0 Å². The zero-order valence-electron chi connectivity index (χ0n) is 6.30. The number of halogens is 2. The zero-order valence-corrected chi connectivity index (χ0v) is 8.63. The molecule has 0 spiro atoms. The maximum absolute atomic E-state index is 10.8. The predicted molar refractivity (Wildman–Crippen MR) is 53.1 cm³/mol. The molecule has 0 fully saturated rings. The largest absolute Gasteiger partial charge is 0.276 e. The van der Waals surface area contributed by atoms with Crippen molar-refractivity contribution in [3.05, 3.63) is 29.3 Å². The minimum Gasteiger partial charge on any atom is -0.276 e. The lowest BCUT2D eigenvalue weighted by Gasteiger charge is -2.01. The third-order valence-corrected chi connectivity index (χ3v) is 2.64. The lowest BCUT2D eigenvalue weighted by atomic mass is 10.2. The maximum atomic E-state index is 10.8. The first-order valence-electron chi connectivity index (χ1n) is 3.24. The first-order valence-corrected chi connectivity index (χ1v) is 5.26. The van der Waals surface area contributed by atoms with Gasteiger partial charge in [0.25, 0.3) is 5.24 Å². The van der Waals surface area contributed by atoms with Crippen LogP contribution in [0, 0.1) is 6.92 Å². The van der Waals surface area contributed by atoms with Crippen LogP contribution in [0.2, 0.25) is 0 Å². The van der Waals surface area contributed by atoms with Crippen molar-refractivity contribution in [1.82, 2.24) is 0 Å². The van der Waals surface area contributed by atoms with Gasteiger partial charge in [-0.15, -0.1) is 0 Å². The Kier molecular flexibility index (Phi) is 3.44. The number of benzene rings is 1.